The van der Waals surface area contributed by atoms with Crippen LogP contribution in [0.4, 0.5) is 11.6 Å². The van der Waals surface area contributed by atoms with Crippen LogP contribution in [0.2, 0.25) is 0 Å². The molecule has 0 bridgehead atoms. The van der Waals surface area contributed by atoms with E-state index in [1.165, 1.54) is 22.9 Å². The summed E-state index contributed by atoms with van der Waals surface area (Å²) in [6, 6.07) is 5.95. The lowest BCUT2D eigenvalue weighted by Gasteiger charge is -2.36. The highest BCUT2D eigenvalue weighted by Crippen LogP contribution is 2.46. The fourth-order valence-electron chi connectivity index (χ4n) is 5.03. The number of hydrogen-bond donors (Lipinski definition) is 1. The summed E-state index contributed by atoms with van der Waals surface area (Å²) in [5.74, 6) is 2.00. The van der Waals surface area contributed by atoms with Crippen LogP contribution in [0.25, 0.3) is 20.4 Å². The number of hydrogen-bond acceptors (Lipinski definition) is 8. The molecular formula is C25H28N6OS. The third-order valence-electron chi connectivity index (χ3n) is 6.78. The summed E-state index contributed by atoms with van der Waals surface area (Å²) >= 11 is 1.70. The van der Waals surface area contributed by atoms with Gasteiger partial charge in [0, 0.05) is 24.7 Å². The van der Waals surface area contributed by atoms with Gasteiger partial charge in [0.1, 0.15) is 22.8 Å². The van der Waals surface area contributed by atoms with Crippen molar-refractivity contribution in [3.63, 3.8) is 0 Å². The van der Waals surface area contributed by atoms with E-state index in [-0.39, 0.29) is 5.41 Å². The van der Waals surface area contributed by atoms with Crippen molar-refractivity contribution >= 4 is 43.4 Å². The zero-order chi connectivity index (χ0) is 22.4. The van der Waals surface area contributed by atoms with E-state index in [9.17, 15) is 0 Å². The molecule has 0 unspecified atom stereocenters. The fourth-order valence-corrected chi connectivity index (χ4v) is 6.15. The summed E-state index contributed by atoms with van der Waals surface area (Å²) in [4.78, 5) is 22.5. The molecule has 4 aromatic heterocycles. The second-order valence-electron chi connectivity index (χ2n) is 9.69. The van der Waals surface area contributed by atoms with Gasteiger partial charge < -0.3 is 15.0 Å². The van der Waals surface area contributed by atoms with Crippen molar-refractivity contribution in [2.24, 2.45) is 5.41 Å². The summed E-state index contributed by atoms with van der Waals surface area (Å²) in [5.41, 5.74) is 5.11. The quantitative estimate of drug-likeness (QED) is 0.477. The molecule has 1 aliphatic heterocycles. The predicted molar refractivity (Wildman–Crippen MR) is 133 cm³/mol. The van der Waals surface area contributed by atoms with E-state index in [1.807, 2.05) is 24.4 Å². The van der Waals surface area contributed by atoms with Gasteiger partial charge in [-0.2, -0.15) is 0 Å². The number of anilines is 2. The Bertz CT molecular complexity index is 1310. The average Bonchev–Trinajstić information content (AvgIpc) is 3.22. The van der Waals surface area contributed by atoms with Crippen molar-refractivity contribution in [1.29, 1.82) is 0 Å². The maximum absolute atomic E-state index is 5.61. The van der Waals surface area contributed by atoms with Crippen LogP contribution >= 0.6 is 11.3 Å². The third kappa shape index (κ3) is 3.81. The summed E-state index contributed by atoms with van der Waals surface area (Å²) < 4.78 is 6.68. The van der Waals surface area contributed by atoms with Gasteiger partial charge in [0.05, 0.1) is 35.7 Å². The average molecular weight is 461 g/mol. The SMILES string of the molecule is CC1(C)CCc2c(N3CCOCC3)nc3sc4c(NCc5ccccn5)ncnc4c3c2C1. The maximum atomic E-state index is 5.61. The first-order valence-corrected chi connectivity index (χ1v) is 12.5. The molecule has 1 fully saturated rings. The molecule has 0 spiro atoms. The van der Waals surface area contributed by atoms with E-state index in [1.54, 1.807) is 17.7 Å². The molecule has 0 atom stereocenters. The number of thiophene rings is 1. The van der Waals surface area contributed by atoms with E-state index in [4.69, 9.17) is 14.7 Å². The van der Waals surface area contributed by atoms with Crippen LogP contribution in [0.3, 0.4) is 0 Å². The monoisotopic (exact) mass is 460 g/mol. The van der Waals surface area contributed by atoms with Gasteiger partial charge in [-0.25, -0.2) is 15.0 Å². The lowest BCUT2D eigenvalue weighted by Crippen LogP contribution is -2.38. The van der Waals surface area contributed by atoms with Crippen molar-refractivity contribution in [3.05, 3.63) is 47.5 Å². The van der Waals surface area contributed by atoms with Crippen LogP contribution in [0, 0.1) is 5.41 Å². The van der Waals surface area contributed by atoms with E-state index in [0.717, 1.165) is 71.5 Å². The van der Waals surface area contributed by atoms with Gasteiger partial charge in [0.2, 0.25) is 0 Å². The minimum Gasteiger partial charge on any atom is -0.378 e. The molecule has 7 nitrogen and oxygen atoms in total. The lowest BCUT2D eigenvalue weighted by molar-refractivity contribution is 0.122. The molecule has 33 heavy (non-hydrogen) atoms. The zero-order valence-corrected chi connectivity index (χ0v) is 19.9. The van der Waals surface area contributed by atoms with Crippen LogP contribution in [-0.4, -0.2) is 46.2 Å². The highest BCUT2D eigenvalue weighted by molar-refractivity contribution is 7.26. The molecule has 170 valence electrons. The summed E-state index contributed by atoms with van der Waals surface area (Å²) in [7, 11) is 0. The number of morpholine rings is 1. The summed E-state index contributed by atoms with van der Waals surface area (Å²) in [6.07, 6.45) is 6.78. The number of fused-ring (bicyclic) bond motifs is 5. The van der Waals surface area contributed by atoms with E-state index in [0.29, 0.717) is 6.54 Å². The Labute approximate surface area is 197 Å². The van der Waals surface area contributed by atoms with Crippen molar-refractivity contribution in [2.45, 2.75) is 39.7 Å². The summed E-state index contributed by atoms with van der Waals surface area (Å²) in [5, 5.41) is 4.70. The molecule has 0 aromatic carbocycles. The number of rotatable bonds is 4. The second kappa shape index (κ2) is 8.18. The molecule has 6 rings (SSSR count). The zero-order valence-electron chi connectivity index (χ0n) is 19.1. The minimum absolute atomic E-state index is 0.269. The highest BCUT2D eigenvalue weighted by Gasteiger charge is 2.32. The first-order valence-electron chi connectivity index (χ1n) is 11.6. The topological polar surface area (TPSA) is 76.1 Å². The van der Waals surface area contributed by atoms with Crippen LogP contribution in [0.15, 0.2) is 30.7 Å². The molecule has 2 aliphatic rings. The highest BCUT2D eigenvalue weighted by atomic mass is 32.1. The molecule has 0 radical (unpaired) electrons. The Morgan fingerprint density at radius 3 is 2.82 bits per heavy atom. The number of nitrogens with one attached hydrogen (secondary N) is 1. The standard InChI is InChI=1S/C25H28N6OS/c1-25(2)7-6-17-18(13-25)19-20-21(33-24(19)30-23(17)31-9-11-32-12-10-31)22(29-15-28-20)27-14-16-5-3-4-8-26-16/h3-5,8,15H,6-7,9-14H2,1-2H3,(H,27,28,29). The van der Waals surface area contributed by atoms with Crippen molar-refractivity contribution in [2.75, 3.05) is 36.5 Å². The van der Waals surface area contributed by atoms with Gasteiger partial charge in [-0.05, 0) is 47.9 Å². The largest absolute Gasteiger partial charge is 0.378 e. The molecule has 1 saturated heterocycles. The van der Waals surface area contributed by atoms with Crippen LogP contribution in [0.5, 0.6) is 0 Å². The maximum Gasteiger partial charge on any atom is 0.147 e. The Morgan fingerprint density at radius 1 is 1.12 bits per heavy atom. The Hall–Kier alpha value is -2.84. The van der Waals surface area contributed by atoms with Crippen LogP contribution in [0.1, 0.15) is 37.1 Å². The second-order valence-corrected chi connectivity index (χ2v) is 10.7. The van der Waals surface area contributed by atoms with Gasteiger partial charge in [-0.3, -0.25) is 4.98 Å². The Morgan fingerprint density at radius 2 is 2.00 bits per heavy atom. The van der Waals surface area contributed by atoms with E-state index in [2.05, 4.69) is 34.0 Å². The molecular weight excluding hydrogens is 432 g/mol. The minimum atomic E-state index is 0.269. The first kappa shape index (κ1) is 20.7. The van der Waals surface area contributed by atoms with E-state index < -0.39 is 0 Å². The predicted octanol–water partition coefficient (Wildman–Crippen LogP) is 4.60. The molecule has 0 amide bonds. The Kier molecular flexibility index (Phi) is 5.14. The van der Waals surface area contributed by atoms with Crippen molar-refractivity contribution in [3.8, 4) is 0 Å². The smallest absolute Gasteiger partial charge is 0.147 e. The molecule has 8 heteroatoms. The first-order chi connectivity index (χ1) is 16.1. The van der Waals surface area contributed by atoms with Gasteiger partial charge in [0.15, 0.2) is 0 Å². The lowest BCUT2D eigenvalue weighted by atomic mass is 9.73. The third-order valence-corrected chi connectivity index (χ3v) is 7.86. The van der Waals surface area contributed by atoms with Crippen molar-refractivity contribution < 1.29 is 4.74 Å². The number of aromatic nitrogens is 4. The number of pyridine rings is 2. The normalized spacial score (nSPS) is 17.9. The van der Waals surface area contributed by atoms with Crippen molar-refractivity contribution in [1.82, 2.24) is 19.9 Å². The summed E-state index contributed by atoms with van der Waals surface area (Å²) in [6.45, 7) is 8.70. The van der Waals surface area contributed by atoms with E-state index >= 15 is 0 Å². The number of nitrogens with zero attached hydrogens (tertiary/aromatic N) is 5. The molecule has 4 aromatic rings. The van der Waals surface area contributed by atoms with Crippen LogP contribution < -0.4 is 10.2 Å². The molecule has 5 heterocycles. The molecule has 0 saturated carbocycles. The van der Waals surface area contributed by atoms with Gasteiger partial charge in [0.25, 0.3) is 0 Å². The van der Waals surface area contributed by atoms with Gasteiger partial charge in [-0.15, -0.1) is 11.3 Å². The fraction of sp³-hybridized carbons (Fsp3) is 0.440. The molecule has 1 aliphatic carbocycles. The van der Waals surface area contributed by atoms with Gasteiger partial charge in [-0.1, -0.05) is 19.9 Å². The van der Waals surface area contributed by atoms with Crippen LogP contribution in [-0.2, 0) is 24.1 Å². The Balaban J connectivity index is 1.50. The van der Waals surface area contributed by atoms with Gasteiger partial charge >= 0.3 is 0 Å². The molecule has 1 N–H and O–H groups in total. The number of ether oxygens (including phenoxy) is 1.